The Kier molecular flexibility index (Phi) is 4.06. The van der Waals surface area contributed by atoms with Crippen molar-refractivity contribution in [2.24, 2.45) is 0 Å². The molecule has 0 unspecified atom stereocenters. The zero-order chi connectivity index (χ0) is 16.4. The van der Waals surface area contributed by atoms with Gasteiger partial charge in [0.05, 0.1) is 6.54 Å². The van der Waals surface area contributed by atoms with Crippen LogP contribution in [0, 0.1) is 0 Å². The van der Waals surface area contributed by atoms with Crippen molar-refractivity contribution in [3.05, 3.63) is 66.2 Å². The fraction of sp³-hybridized carbons (Fsp3) is 0.176. The summed E-state index contributed by atoms with van der Waals surface area (Å²) in [6, 6.07) is 13.0. The highest BCUT2D eigenvalue weighted by Gasteiger charge is 2.18. The quantitative estimate of drug-likeness (QED) is 0.736. The first-order valence-electron chi connectivity index (χ1n) is 7.11. The maximum atomic E-state index is 12.9. The van der Waals surface area contributed by atoms with E-state index in [0.717, 1.165) is 15.3 Å². The van der Waals surface area contributed by atoms with Crippen LogP contribution in [0.2, 0.25) is 0 Å². The van der Waals surface area contributed by atoms with Crippen LogP contribution in [-0.2, 0) is 6.54 Å². The van der Waals surface area contributed by atoms with E-state index in [4.69, 9.17) is 0 Å². The summed E-state index contributed by atoms with van der Waals surface area (Å²) in [6.07, 6.45) is 2.51. The summed E-state index contributed by atoms with van der Waals surface area (Å²) in [5.74, 6) is -0.0818. The number of benzene rings is 2. The van der Waals surface area contributed by atoms with Crippen molar-refractivity contribution in [2.75, 3.05) is 7.05 Å². The van der Waals surface area contributed by atoms with Gasteiger partial charge in [-0.2, -0.15) is 8.78 Å². The van der Waals surface area contributed by atoms with Crippen LogP contribution >= 0.6 is 0 Å². The molecule has 6 heteroatoms. The molecular weight excluding hydrogens is 300 g/mol. The second-order valence-electron chi connectivity index (χ2n) is 5.22. The predicted molar refractivity (Wildman–Crippen MR) is 83.2 cm³/mol. The topological polar surface area (TPSA) is 38.1 Å². The van der Waals surface area contributed by atoms with Gasteiger partial charge >= 0.3 is 6.55 Å². The summed E-state index contributed by atoms with van der Waals surface area (Å²) in [7, 11) is 1.58. The van der Waals surface area contributed by atoms with Crippen molar-refractivity contribution in [2.45, 2.75) is 13.1 Å². The summed E-state index contributed by atoms with van der Waals surface area (Å²) in [6.45, 7) is -2.66. The Labute approximate surface area is 132 Å². The molecule has 0 bridgehead atoms. The minimum Gasteiger partial charge on any atom is -0.334 e. The zero-order valence-electron chi connectivity index (χ0n) is 12.5. The van der Waals surface area contributed by atoms with Gasteiger partial charge in [-0.3, -0.25) is 9.36 Å². The SMILES string of the molecule is CN(Cc1nccn1C(F)F)C(=O)c1cccc2ccccc12. The van der Waals surface area contributed by atoms with Crippen LogP contribution in [0.1, 0.15) is 22.7 Å². The van der Waals surface area contributed by atoms with E-state index in [2.05, 4.69) is 4.98 Å². The van der Waals surface area contributed by atoms with Crippen molar-refractivity contribution in [3.63, 3.8) is 0 Å². The molecule has 1 amide bonds. The lowest BCUT2D eigenvalue weighted by Gasteiger charge is -2.18. The van der Waals surface area contributed by atoms with Crippen LogP contribution < -0.4 is 0 Å². The number of imidazole rings is 1. The molecule has 0 aliphatic heterocycles. The minimum absolute atomic E-state index is 0.0133. The molecule has 4 nitrogen and oxygen atoms in total. The van der Waals surface area contributed by atoms with Gasteiger partial charge in [0.15, 0.2) is 0 Å². The van der Waals surface area contributed by atoms with Crippen LogP contribution in [0.5, 0.6) is 0 Å². The fourth-order valence-corrected chi connectivity index (χ4v) is 2.55. The monoisotopic (exact) mass is 315 g/mol. The minimum atomic E-state index is -2.67. The van der Waals surface area contributed by atoms with E-state index in [0.29, 0.717) is 5.56 Å². The Hall–Kier alpha value is -2.76. The molecule has 0 saturated heterocycles. The normalized spacial score (nSPS) is 11.1. The van der Waals surface area contributed by atoms with Crippen LogP contribution in [0.25, 0.3) is 10.8 Å². The number of carbonyl (C=O) groups is 1. The van der Waals surface area contributed by atoms with Gasteiger partial charge in [0.1, 0.15) is 5.82 Å². The molecule has 0 saturated carbocycles. The van der Waals surface area contributed by atoms with Gasteiger partial charge in [-0.05, 0) is 16.8 Å². The summed E-state index contributed by atoms with van der Waals surface area (Å²) >= 11 is 0. The van der Waals surface area contributed by atoms with Crippen molar-refractivity contribution in [3.8, 4) is 0 Å². The van der Waals surface area contributed by atoms with Gasteiger partial charge in [-0.25, -0.2) is 4.98 Å². The third-order valence-corrected chi connectivity index (χ3v) is 3.70. The molecule has 0 aliphatic carbocycles. The van der Waals surface area contributed by atoms with Gasteiger partial charge in [0.2, 0.25) is 0 Å². The van der Waals surface area contributed by atoms with Gasteiger partial charge in [0.25, 0.3) is 5.91 Å². The van der Waals surface area contributed by atoms with Crippen LogP contribution in [-0.4, -0.2) is 27.4 Å². The summed E-state index contributed by atoms with van der Waals surface area (Å²) in [5, 5.41) is 1.80. The predicted octanol–water partition coefficient (Wildman–Crippen LogP) is 3.70. The molecule has 118 valence electrons. The third kappa shape index (κ3) is 2.92. The number of fused-ring (bicyclic) bond motifs is 1. The number of halogens is 2. The fourth-order valence-electron chi connectivity index (χ4n) is 2.55. The number of nitrogens with zero attached hydrogens (tertiary/aromatic N) is 3. The number of hydrogen-bond donors (Lipinski definition) is 0. The maximum Gasteiger partial charge on any atom is 0.319 e. The van der Waals surface area contributed by atoms with Gasteiger partial charge < -0.3 is 4.90 Å². The Bertz CT molecular complexity index is 839. The van der Waals surface area contributed by atoms with Gasteiger partial charge in [-0.15, -0.1) is 0 Å². The number of hydrogen-bond acceptors (Lipinski definition) is 2. The van der Waals surface area contributed by atoms with E-state index in [-0.39, 0.29) is 18.3 Å². The summed E-state index contributed by atoms with van der Waals surface area (Å²) in [5.41, 5.74) is 0.542. The number of carbonyl (C=O) groups excluding carboxylic acids is 1. The van der Waals surface area contributed by atoms with Crippen LogP contribution in [0.4, 0.5) is 8.78 Å². The van der Waals surface area contributed by atoms with Crippen molar-refractivity contribution in [1.82, 2.24) is 14.5 Å². The second kappa shape index (κ2) is 6.16. The summed E-state index contributed by atoms with van der Waals surface area (Å²) in [4.78, 5) is 18.0. The van der Waals surface area contributed by atoms with Gasteiger partial charge in [-0.1, -0.05) is 36.4 Å². The number of aromatic nitrogens is 2. The van der Waals surface area contributed by atoms with Crippen LogP contribution in [0.3, 0.4) is 0 Å². The van der Waals surface area contributed by atoms with E-state index in [1.807, 2.05) is 36.4 Å². The Morgan fingerprint density at radius 1 is 1.22 bits per heavy atom. The highest BCUT2D eigenvalue weighted by molar-refractivity contribution is 6.06. The number of rotatable bonds is 4. The first kappa shape index (κ1) is 15.1. The van der Waals surface area contributed by atoms with Crippen molar-refractivity contribution < 1.29 is 13.6 Å². The Balaban J connectivity index is 1.88. The molecular formula is C17H15F2N3O. The smallest absolute Gasteiger partial charge is 0.319 e. The molecule has 0 spiro atoms. The lowest BCUT2D eigenvalue weighted by Crippen LogP contribution is -2.28. The first-order valence-corrected chi connectivity index (χ1v) is 7.11. The van der Waals surface area contributed by atoms with Crippen LogP contribution in [0.15, 0.2) is 54.9 Å². The number of alkyl halides is 2. The molecule has 0 fully saturated rings. The highest BCUT2D eigenvalue weighted by atomic mass is 19.3. The van der Waals surface area contributed by atoms with E-state index < -0.39 is 6.55 Å². The highest BCUT2D eigenvalue weighted by Crippen LogP contribution is 2.21. The standard InChI is InChI=1S/C17H15F2N3O/c1-21(11-15-20-9-10-22(15)17(18)19)16(23)14-8-4-6-12-5-2-3-7-13(12)14/h2-10,17H,11H2,1H3. The molecule has 0 atom stereocenters. The van der Waals surface area contributed by atoms with Crippen molar-refractivity contribution in [1.29, 1.82) is 0 Å². The largest absolute Gasteiger partial charge is 0.334 e. The average molecular weight is 315 g/mol. The zero-order valence-corrected chi connectivity index (χ0v) is 12.5. The van der Waals surface area contributed by atoms with Crippen molar-refractivity contribution >= 4 is 16.7 Å². The molecule has 0 N–H and O–H groups in total. The lowest BCUT2D eigenvalue weighted by molar-refractivity contribution is 0.0613. The Morgan fingerprint density at radius 2 is 1.96 bits per heavy atom. The van der Waals surface area contributed by atoms with Gasteiger partial charge in [0, 0.05) is 25.0 Å². The lowest BCUT2D eigenvalue weighted by atomic mass is 10.0. The molecule has 2 aromatic carbocycles. The third-order valence-electron chi connectivity index (χ3n) is 3.70. The van der Waals surface area contributed by atoms with E-state index in [1.54, 1.807) is 13.1 Å². The molecule has 0 aliphatic rings. The molecule has 3 aromatic rings. The van der Waals surface area contributed by atoms with E-state index >= 15 is 0 Å². The second-order valence-corrected chi connectivity index (χ2v) is 5.22. The number of amides is 1. The summed E-state index contributed by atoms with van der Waals surface area (Å²) < 4.78 is 26.5. The first-order chi connectivity index (χ1) is 11.1. The van der Waals surface area contributed by atoms with E-state index in [9.17, 15) is 13.6 Å². The molecule has 0 radical (unpaired) electrons. The molecule has 1 aromatic heterocycles. The molecule has 3 rings (SSSR count). The molecule has 23 heavy (non-hydrogen) atoms. The Morgan fingerprint density at radius 3 is 2.74 bits per heavy atom. The maximum absolute atomic E-state index is 12.9. The van der Waals surface area contributed by atoms with E-state index in [1.165, 1.54) is 17.3 Å². The molecule has 1 heterocycles. The average Bonchev–Trinajstić information content (AvgIpc) is 3.02.